The quantitative estimate of drug-likeness (QED) is 0.431. The summed E-state index contributed by atoms with van der Waals surface area (Å²) in [5.41, 5.74) is 0.824. The molecule has 2 heterocycles. The van der Waals surface area contributed by atoms with Gasteiger partial charge in [-0.15, -0.1) is 0 Å². The molecule has 2 aliphatic rings. The molecule has 2 fully saturated rings. The SMILES string of the molecule is CC(C)[C@H](NC(=O)CNC(=O)OCc1ccccc1)C(=O)OCC1CN2C(=O)CC2O1. The van der Waals surface area contributed by atoms with E-state index in [2.05, 4.69) is 10.6 Å². The Morgan fingerprint density at radius 1 is 1.19 bits per heavy atom. The third-order valence-corrected chi connectivity index (χ3v) is 5.02. The van der Waals surface area contributed by atoms with Crippen LogP contribution in [0.4, 0.5) is 4.79 Å². The monoisotopic (exact) mass is 433 g/mol. The van der Waals surface area contributed by atoms with Gasteiger partial charge in [-0.25, -0.2) is 9.59 Å². The molecule has 10 heteroatoms. The van der Waals surface area contributed by atoms with Gasteiger partial charge in [-0.1, -0.05) is 44.2 Å². The third-order valence-electron chi connectivity index (χ3n) is 5.02. The van der Waals surface area contributed by atoms with E-state index in [0.29, 0.717) is 13.0 Å². The van der Waals surface area contributed by atoms with Crippen LogP contribution >= 0.6 is 0 Å². The molecule has 0 aromatic heterocycles. The van der Waals surface area contributed by atoms with E-state index in [1.54, 1.807) is 18.7 Å². The third kappa shape index (κ3) is 6.17. The highest BCUT2D eigenvalue weighted by Crippen LogP contribution is 2.28. The average molecular weight is 433 g/mol. The summed E-state index contributed by atoms with van der Waals surface area (Å²) in [6.45, 7) is 3.68. The molecule has 3 amide bonds. The van der Waals surface area contributed by atoms with Crippen molar-refractivity contribution in [1.82, 2.24) is 15.5 Å². The number of β-lactam (4-membered cyclic amide) rings is 1. The van der Waals surface area contributed by atoms with E-state index in [1.807, 2.05) is 30.3 Å². The number of amides is 3. The molecule has 2 unspecified atom stereocenters. The number of esters is 1. The minimum absolute atomic E-state index is 0.00225. The van der Waals surface area contributed by atoms with E-state index in [9.17, 15) is 19.2 Å². The number of nitrogens with one attached hydrogen (secondary N) is 2. The van der Waals surface area contributed by atoms with Crippen LogP contribution in [-0.4, -0.2) is 66.8 Å². The average Bonchev–Trinajstić information content (AvgIpc) is 3.09. The van der Waals surface area contributed by atoms with Crippen LogP contribution in [-0.2, 0) is 35.2 Å². The molecule has 1 aromatic carbocycles. The van der Waals surface area contributed by atoms with Gasteiger partial charge >= 0.3 is 12.1 Å². The Morgan fingerprint density at radius 3 is 2.58 bits per heavy atom. The van der Waals surface area contributed by atoms with E-state index >= 15 is 0 Å². The zero-order chi connectivity index (χ0) is 22.4. The summed E-state index contributed by atoms with van der Waals surface area (Å²) in [5.74, 6) is -1.34. The first-order valence-corrected chi connectivity index (χ1v) is 10.2. The topological polar surface area (TPSA) is 123 Å². The highest BCUT2D eigenvalue weighted by molar-refractivity contribution is 5.87. The Kier molecular flexibility index (Phi) is 7.45. The fraction of sp³-hybridized carbons (Fsp3) is 0.524. The van der Waals surface area contributed by atoms with Gasteiger partial charge in [0, 0.05) is 0 Å². The van der Waals surface area contributed by atoms with Crippen molar-refractivity contribution in [2.24, 2.45) is 5.92 Å². The zero-order valence-corrected chi connectivity index (χ0v) is 17.5. The van der Waals surface area contributed by atoms with E-state index in [4.69, 9.17) is 14.2 Å². The lowest BCUT2D eigenvalue weighted by Crippen LogP contribution is -2.49. The van der Waals surface area contributed by atoms with Crippen molar-refractivity contribution in [1.29, 1.82) is 0 Å². The lowest BCUT2D eigenvalue weighted by molar-refractivity contribution is -0.160. The largest absolute Gasteiger partial charge is 0.461 e. The number of ether oxygens (including phenoxy) is 3. The summed E-state index contributed by atoms with van der Waals surface area (Å²) < 4.78 is 15.9. The van der Waals surface area contributed by atoms with Gasteiger partial charge in [-0.2, -0.15) is 0 Å². The summed E-state index contributed by atoms with van der Waals surface area (Å²) in [4.78, 5) is 49.4. The Balaban J connectivity index is 1.37. The molecule has 168 valence electrons. The molecule has 2 aliphatic heterocycles. The van der Waals surface area contributed by atoms with Crippen LogP contribution in [0, 0.1) is 5.92 Å². The van der Waals surface area contributed by atoms with Gasteiger partial charge in [0.05, 0.1) is 13.0 Å². The number of rotatable bonds is 9. The summed E-state index contributed by atoms with van der Waals surface area (Å²) in [6, 6.07) is 8.26. The summed E-state index contributed by atoms with van der Waals surface area (Å²) in [5, 5.41) is 4.92. The fourth-order valence-corrected chi connectivity index (χ4v) is 3.26. The van der Waals surface area contributed by atoms with Crippen molar-refractivity contribution in [3.63, 3.8) is 0 Å². The zero-order valence-electron chi connectivity index (χ0n) is 17.5. The molecular weight excluding hydrogens is 406 g/mol. The molecule has 0 aliphatic carbocycles. The van der Waals surface area contributed by atoms with Gasteiger partial charge in [0.1, 0.15) is 38.1 Å². The van der Waals surface area contributed by atoms with Gasteiger partial charge in [-0.3, -0.25) is 9.59 Å². The van der Waals surface area contributed by atoms with Gasteiger partial charge < -0.3 is 29.7 Å². The predicted octanol–water partition coefficient (Wildman–Crippen LogP) is 0.554. The standard InChI is InChI=1S/C21H27N3O7/c1-13(2)19(20(27)29-12-15-10-24-17(26)8-18(24)31-15)23-16(25)9-22-21(28)30-11-14-6-4-3-5-7-14/h3-7,13,15,18-19H,8-12H2,1-2H3,(H,22,28)(H,23,25)/t15?,18?,19-/m0/s1. The van der Waals surface area contributed by atoms with Crippen LogP contribution in [0.15, 0.2) is 30.3 Å². The Labute approximate surface area is 180 Å². The van der Waals surface area contributed by atoms with Crippen molar-refractivity contribution in [3.8, 4) is 0 Å². The fourth-order valence-electron chi connectivity index (χ4n) is 3.26. The number of hydrogen-bond acceptors (Lipinski definition) is 7. The number of carbonyl (C=O) groups is 4. The van der Waals surface area contributed by atoms with E-state index in [-0.39, 0.29) is 43.9 Å². The predicted molar refractivity (Wildman–Crippen MR) is 107 cm³/mol. The Bertz CT molecular complexity index is 814. The molecule has 2 saturated heterocycles. The van der Waals surface area contributed by atoms with E-state index in [1.165, 1.54) is 0 Å². The van der Waals surface area contributed by atoms with Gasteiger partial charge in [0.2, 0.25) is 11.8 Å². The summed E-state index contributed by atoms with van der Waals surface area (Å²) >= 11 is 0. The number of benzene rings is 1. The molecule has 0 radical (unpaired) electrons. The van der Waals surface area contributed by atoms with Gasteiger partial charge in [-0.05, 0) is 11.5 Å². The second-order valence-electron chi connectivity index (χ2n) is 7.80. The molecule has 3 atom stereocenters. The number of nitrogens with zero attached hydrogens (tertiary/aromatic N) is 1. The number of carbonyl (C=O) groups excluding carboxylic acids is 4. The first-order valence-electron chi connectivity index (χ1n) is 10.2. The lowest BCUT2D eigenvalue weighted by atomic mass is 10.0. The number of fused-ring (bicyclic) bond motifs is 1. The van der Waals surface area contributed by atoms with Crippen molar-refractivity contribution in [2.75, 3.05) is 19.7 Å². The van der Waals surface area contributed by atoms with E-state index in [0.717, 1.165) is 5.56 Å². The van der Waals surface area contributed by atoms with Crippen molar-refractivity contribution < 1.29 is 33.4 Å². The Hall–Kier alpha value is -3.14. The molecule has 1 aromatic rings. The molecule has 3 rings (SSSR count). The number of hydrogen-bond donors (Lipinski definition) is 2. The highest BCUT2D eigenvalue weighted by atomic mass is 16.6. The maximum absolute atomic E-state index is 12.4. The van der Waals surface area contributed by atoms with Crippen molar-refractivity contribution >= 4 is 23.9 Å². The highest BCUT2D eigenvalue weighted by Gasteiger charge is 2.45. The molecular formula is C21H27N3O7. The van der Waals surface area contributed by atoms with Crippen LogP contribution in [0.1, 0.15) is 25.8 Å². The minimum Gasteiger partial charge on any atom is -0.461 e. The first-order chi connectivity index (χ1) is 14.8. The molecule has 31 heavy (non-hydrogen) atoms. The van der Waals surface area contributed by atoms with Crippen molar-refractivity contribution in [2.45, 2.75) is 45.2 Å². The van der Waals surface area contributed by atoms with Crippen LogP contribution in [0.3, 0.4) is 0 Å². The molecule has 0 bridgehead atoms. The molecule has 2 N–H and O–H groups in total. The van der Waals surface area contributed by atoms with E-state index < -0.39 is 24.0 Å². The maximum atomic E-state index is 12.4. The van der Waals surface area contributed by atoms with Crippen LogP contribution < -0.4 is 10.6 Å². The van der Waals surface area contributed by atoms with Gasteiger partial charge in [0.25, 0.3) is 0 Å². The second-order valence-corrected chi connectivity index (χ2v) is 7.80. The maximum Gasteiger partial charge on any atom is 0.407 e. The smallest absolute Gasteiger partial charge is 0.407 e. The molecule has 0 saturated carbocycles. The van der Waals surface area contributed by atoms with Crippen LogP contribution in [0.2, 0.25) is 0 Å². The lowest BCUT2D eigenvalue weighted by Gasteiger charge is -2.31. The summed E-state index contributed by atoms with van der Waals surface area (Å²) in [7, 11) is 0. The molecule has 10 nitrogen and oxygen atoms in total. The number of alkyl carbamates (subject to hydrolysis) is 1. The normalized spacial score (nSPS) is 20.5. The van der Waals surface area contributed by atoms with Crippen LogP contribution in [0.5, 0.6) is 0 Å². The minimum atomic E-state index is -0.880. The Morgan fingerprint density at radius 2 is 1.94 bits per heavy atom. The first kappa shape index (κ1) is 22.5. The van der Waals surface area contributed by atoms with Gasteiger partial charge in [0.15, 0.2) is 0 Å². The second kappa shape index (κ2) is 10.3. The molecule has 0 spiro atoms. The van der Waals surface area contributed by atoms with Crippen molar-refractivity contribution in [3.05, 3.63) is 35.9 Å². The van der Waals surface area contributed by atoms with Crippen LogP contribution in [0.25, 0.3) is 0 Å². The summed E-state index contributed by atoms with van der Waals surface area (Å²) in [6.07, 6.45) is -0.967.